The van der Waals surface area contributed by atoms with Gasteiger partial charge in [0.25, 0.3) is 0 Å². The maximum Gasteiger partial charge on any atom is 0.248 e. The normalized spacial score (nSPS) is 12.1. The lowest BCUT2D eigenvalue weighted by Gasteiger charge is -2.14. The van der Waals surface area contributed by atoms with Crippen LogP contribution in [0.3, 0.4) is 0 Å². The second-order valence-electron chi connectivity index (χ2n) is 4.16. The van der Waals surface area contributed by atoms with Gasteiger partial charge in [-0.1, -0.05) is 6.92 Å². The molecule has 0 saturated carbocycles. The van der Waals surface area contributed by atoms with Crippen LogP contribution in [0.2, 0.25) is 0 Å². The van der Waals surface area contributed by atoms with Crippen molar-refractivity contribution in [1.82, 2.24) is 0 Å². The van der Waals surface area contributed by atoms with Gasteiger partial charge < -0.3 is 21.9 Å². The number of hydrogen-bond donors (Lipinski definition) is 4. The van der Waals surface area contributed by atoms with Gasteiger partial charge in [0.1, 0.15) is 0 Å². The quantitative estimate of drug-likeness (QED) is 0.549. The minimum Gasteiger partial charge on any atom is -0.397 e. The number of nitrogens with two attached hydrogens (primary N) is 2. The molecule has 0 bridgehead atoms. The van der Waals surface area contributed by atoms with E-state index in [1.54, 1.807) is 18.2 Å². The SMILES string of the molecule is CC(CCO)CNc1ccc(C(N)=O)cc1N. The maximum atomic E-state index is 10.9. The van der Waals surface area contributed by atoms with Crippen LogP contribution in [-0.2, 0) is 0 Å². The monoisotopic (exact) mass is 237 g/mol. The van der Waals surface area contributed by atoms with Crippen LogP contribution in [0.4, 0.5) is 11.4 Å². The molecule has 0 saturated heterocycles. The van der Waals surface area contributed by atoms with Crippen molar-refractivity contribution in [3.8, 4) is 0 Å². The molecule has 1 atom stereocenters. The highest BCUT2D eigenvalue weighted by Crippen LogP contribution is 2.20. The van der Waals surface area contributed by atoms with E-state index in [4.69, 9.17) is 16.6 Å². The van der Waals surface area contributed by atoms with Crippen LogP contribution in [0.1, 0.15) is 23.7 Å². The Hall–Kier alpha value is -1.75. The predicted octanol–water partition coefficient (Wildman–Crippen LogP) is 0.798. The fourth-order valence-corrected chi connectivity index (χ4v) is 1.48. The molecule has 0 aliphatic carbocycles. The summed E-state index contributed by atoms with van der Waals surface area (Å²) >= 11 is 0. The van der Waals surface area contributed by atoms with Gasteiger partial charge in [-0.15, -0.1) is 0 Å². The average molecular weight is 237 g/mol. The minimum absolute atomic E-state index is 0.180. The third kappa shape index (κ3) is 3.96. The zero-order valence-corrected chi connectivity index (χ0v) is 9.94. The number of aliphatic hydroxyl groups is 1. The molecule has 1 aromatic carbocycles. The molecule has 1 rings (SSSR count). The van der Waals surface area contributed by atoms with Gasteiger partial charge in [0.05, 0.1) is 11.4 Å². The molecule has 0 aromatic heterocycles. The van der Waals surface area contributed by atoms with Crippen LogP contribution in [-0.4, -0.2) is 24.2 Å². The number of nitrogens with one attached hydrogen (secondary N) is 1. The summed E-state index contributed by atoms with van der Waals surface area (Å²) in [6.45, 7) is 2.94. The second kappa shape index (κ2) is 6.10. The largest absolute Gasteiger partial charge is 0.397 e. The van der Waals surface area contributed by atoms with Crippen molar-refractivity contribution in [3.05, 3.63) is 23.8 Å². The van der Waals surface area contributed by atoms with Crippen LogP contribution in [0, 0.1) is 5.92 Å². The Morgan fingerprint density at radius 2 is 2.24 bits per heavy atom. The smallest absolute Gasteiger partial charge is 0.248 e. The van der Waals surface area contributed by atoms with Gasteiger partial charge in [0.15, 0.2) is 0 Å². The molecule has 1 amide bonds. The zero-order chi connectivity index (χ0) is 12.8. The maximum absolute atomic E-state index is 10.9. The molecule has 5 heteroatoms. The van der Waals surface area contributed by atoms with Gasteiger partial charge in [-0.05, 0) is 30.5 Å². The highest BCUT2D eigenvalue weighted by molar-refractivity contribution is 5.94. The Bertz CT molecular complexity index is 393. The Kier molecular flexibility index (Phi) is 4.78. The number of benzene rings is 1. The summed E-state index contributed by atoms with van der Waals surface area (Å²) in [5, 5.41) is 12.0. The van der Waals surface area contributed by atoms with Crippen LogP contribution < -0.4 is 16.8 Å². The summed E-state index contributed by atoms with van der Waals surface area (Å²) < 4.78 is 0. The molecule has 5 nitrogen and oxygen atoms in total. The summed E-state index contributed by atoms with van der Waals surface area (Å²) in [7, 11) is 0. The highest BCUT2D eigenvalue weighted by atomic mass is 16.3. The highest BCUT2D eigenvalue weighted by Gasteiger charge is 2.06. The number of hydrogen-bond acceptors (Lipinski definition) is 4. The number of aliphatic hydroxyl groups excluding tert-OH is 1. The Morgan fingerprint density at radius 3 is 2.76 bits per heavy atom. The van der Waals surface area contributed by atoms with Gasteiger partial charge in [-0.3, -0.25) is 4.79 Å². The standard InChI is InChI=1S/C12H19N3O2/c1-8(4-5-16)7-15-11-3-2-9(12(14)17)6-10(11)13/h2-3,6,8,15-16H,4-5,7,13H2,1H3,(H2,14,17). The molecule has 0 radical (unpaired) electrons. The first kappa shape index (κ1) is 13.3. The number of amides is 1. The van der Waals surface area contributed by atoms with Crippen molar-refractivity contribution in [2.45, 2.75) is 13.3 Å². The summed E-state index contributed by atoms with van der Waals surface area (Å²) in [6, 6.07) is 4.93. The van der Waals surface area contributed by atoms with Gasteiger partial charge in [-0.2, -0.15) is 0 Å². The van der Waals surface area contributed by atoms with E-state index >= 15 is 0 Å². The number of primary amides is 1. The van der Waals surface area contributed by atoms with Crippen LogP contribution in [0.25, 0.3) is 0 Å². The third-order valence-corrected chi connectivity index (χ3v) is 2.60. The Balaban J connectivity index is 2.63. The first-order valence-corrected chi connectivity index (χ1v) is 5.58. The zero-order valence-electron chi connectivity index (χ0n) is 9.94. The van der Waals surface area contributed by atoms with Crippen LogP contribution >= 0.6 is 0 Å². The lowest BCUT2D eigenvalue weighted by molar-refractivity contribution is 0.100. The summed E-state index contributed by atoms with van der Waals surface area (Å²) in [5.74, 6) is -0.132. The van der Waals surface area contributed by atoms with Crippen molar-refractivity contribution in [1.29, 1.82) is 0 Å². The van der Waals surface area contributed by atoms with Gasteiger partial charge >= 0.3 is 0 Å². The van der Waals surface area contributed by atoms with Crippen molar-refractivity contribution in [2.75, 3.05) is 24.2 Å². The lowest BCUT2D eigenvalue weighted by Crippen LogP contribution is -2.15. The topological polar surface area (TPSA) is 101 Å². The van der Waals surface area contributed by atoms with Crippen molar-refractivity contribution in [3.63, 3.8) is 0 Å². The van der Waals surface area contributed by atoms with E-state index < -0.39 is 5.91 Å². The Labute approximate surface area is 101 Å². The van der Waals surface area contributed by atoms with Gasteiger partial charge in [-0.25, -0.2) is 0 Å². The third-order valence-electron chi connectivity index (χ3n) is 2.60. The number of carbonyl (C=O) groups is 1. The molecule has 0 fully saturated rings. The Morgan fingerprint density at radius 1 is 1.53 bits per heavy atom. The first-order valence-electron chi connectivity index (χ1n) is 5.58. The second-order valence-corrected chi connectivity index (χ2v) is 4.16. The van der Waals surface area contributed by atoms with Crippen LogP contribution in [0.15, 0.2) is 18.2 Å². The van der Waals surface area contributed by atoms with E-state index in [-0.39, 0.29) is 6.61 Å². The molecule has 17 heavy (non-hydrogen) atoms. The van der Waals surface area contributed by atoms with Crippen molar-refractivity contribution < 1.29 is 9.90 Å². The van der Waals surface area contributed by atoms with Crippen LogP contribution in [0.5, 0.6) is 0 Å². The predicted molar refractivity (Wildman–Crippen MR) is 68.7 cm³/mol. The molecule has 0 aliphatic heterocycles. The van der Waals surface area contributed by atoms with E-state index in [0.29, 0.717) is 17.2 Å². The summed E-state index contributed by atoms with van der Waals surface area (Å²) in [4.78, 5) is 10.9. The molecule has 0 heterocycles. The fourth-order valence-electron chi connectivity index (χ4n) is 1.48. The number of nitrogen functional groups attached to an aromatic ring is 1. The van der Waals surface area contributed by atoms with E-state index in [2.05, 4.69) is 5.32 Å². The molecule has 0 aliphatic rings. The number of carbonyl (C=O) groups excluding carboxylic acids is 1. The molecule has 0 spiro atoms. The molecule has 94 valence electrons. The van der Waals surface area contributed by atoms with Gasteiger partial charge in [0, 0.05) is 18.7 Å². The van der Waals surface area contributed by atoms with E-state index in [0.717, 1.165) is 18.7 Å². The summed E-state index contributed by atoms with van der Waals surface area (Å²) in [6.07, 6.45) is 0.742. The van der Waals surface area contributed by atoms with E-state index in [1.165, 1.54) is 0 Å². The lowest BCUT2D eigenvalue weighted by atomic mass is 10.1. The molecule has 1 aromatic rings. The number of rotatable bonds is 6. The average Bonchev–Trinajstić information content (AvgIpc) is 2.27. The first-order chi connectivity index (χ1) is 8.04. The molecule has 1 unspecified atom stereocenters. The van der Waals surface area contributed by atoms with Gasteiger partial charge in [0.2, 0.25) is 5.91 Å². The van der Waals surface area contributed by atoms with E-state index in [9.17, 15) is 4.79 Å². The minimum atomic E-state index is -0.489. The summed E-state index contributed by atoms with van der Waals surface area (Å²) in [5.41, 5.74) is 12.6. The number of anilines is 2. The van der Waals surface area contributed by atoms with E-state index in [1.807, 2.05) is 6.92 Å². The fraction of sp³-hybridized carbons (Fsp3) is 0.417. The molecule has 6 N–H and O–H groups in total. The van der Waals surface area contributed by atoms with Crippen molar-refractivity contribution in [2.24, 2.45) is 11.7 Å². The molecular weight excluding hydrogens is 218 g/mol. The molecular formula is C12H19N3O2. The van der Waals surface area contributed by atoms with Crippen molar-refractivity contribution >= 4 is 17.3 Å².